The topological polar surface area (TPSA) is 78.7 Å². The molecular formula is C13H12N4OS4. The quantitative estimate of drug-likeness (QED) is 0.748. The van der Waals surface area contributed by atoms with Crippen LogP contribution in [-0.4, -0.2) is 33.9 Å². The van der Waals surface area contributed by atoms with E-state index in [4.69, 9.17) is 5.26 Å². The van der Waals surface area contributed by atoms with E-state index < -0.39 is 0 Å². The maximum absolute atomic E-state index is 12.0. The number of hydrogen-bond donors (Lipinski definition) is 1. The molecule has 1 amide bonds. The molecule has 114 valence electrons. The summed E-state index contributed by atoms with van der Waals surface area (Å²) in [5.41, 5.74) is 0.732. The molecule has 0 aliphatic heterocycles. The average molecular weight is 369 g/mol. The molecule has 1 aromatic carbocycles. The number of anilines is 1. The lowest BCUT2D eigenvalue weighted by atomic mass is 10.3. The number of nitriles is 1. The highest BCUT2D eigenvalue weighted by atomic mass is 32.2. The molecule has 0 aliphatic rings. The summed E-state index contributed by atoms with van der Waals surface area (Å²) in [7, 11) is 0. The van der Waals surface area contributed by atoms with Crippen molar-refractivity contribution in [2.24, 2.45) is 0 Å². The van der Waals surface area contributed by atoms with Crippen LogP contribution in [0.15, 0.2) is 37.8 Å². The second-order valence-corrected chi connectivity index (χ2v) is 8.09. The van der Waals surface area contributed by atoms with E-state index >= 15 is 0 Å². The maximum Gasteiger partial charge on any atom is 0.234 e. The van der Waals surface area contributed by atoms with Gasteiger partial charge in [-0.15, -0.1) is 22.0 Å². The second kappa shape index (κ2) is 9.05. The van der Waals surface area contributed by atoms with E-state index in [1.807, 2.05) is 30.5 Å². The van der Waals surface area contributed by atoms with Crippen molar-refractivity contribution in [3.8, 4) is 6.07 Å². The molecule has 1 N–H and O–H groups in total. The zero-order valence-corrected chi connectivity index (χ0v) is 14.9. The molecule has 0 atom stereocenters. The number of benzene rings is 1. The molecule has 0 saturated carbocycles. The van der Waals surface area contributed by atoms with Crippen LogP contribution in [0.1, 0.15) is 0 Å². The fourth-order valence-corrected chi connectivity index (χ4v) is 4.36. The number of rotatable bonds is 7. The molecule has 0 saturated heterocycles. The predicted octanol–water partition coefficient (Wildman–Crippen LogP) is 3.61. The minimum atomic E-state index is -0.101. The molecule has 9 heteroatoms. The van der Waals surface area contributed by atoms with Gasteiger partial charge in [-0.1, -0.05) is 47.0 Å². The standard InChI is InChI=1S/C13H12N4OS4/c1-19-12-16-17-13(22-12)21-8-11(18)15-9-4-2-3-5-10(9)20-7-6-14/h2-5H,7-8H2,1H3,(H,15,18). The minimum absolute atomic E-state index is 0.101. The molecule has 0 aliphatic carbocycles. The van der Waals surface area contributed by atoms with Crippen molar-refractivity contribution < 1.29 is 4.79 Å². The zero-order chi connectivity index (χ0) is 15.8. The first-order chi connectivity index (χ1) is 10.7. The number of amides is 1. The van der Waals surface area contributed by atoms with E-state index in [0.29, 0.717) is 5.75 Å². The molecule has 1 aromatic heterocycles. The van der Waals surface area contributed by atoms with E-state index in [2.05, 4.69) is 21.6 Å². The molecule has 0 spiro atoms. The van der Waals surface area contributed by atoms with Crippen LogP contribution in [0.4, 0.5) is 5.69 Å². The van der Waals surface area contributed by atoms with E-state index in [9.17, 15) is 4.79 Å². The molecule has 5 nitrogen and oxygen atoms in total. The summed E-state index contributed by atoms with van der Waals surface area (Å²) in [5, 5.41) is 19.5. The van der Waals surface area contributed by atoms with Gasteiger partial charge in [-0.05, 0) is 18.4 Å². The Morgan fingerprint density at radius 1 is 1.32 bits per heavy atom. The van der Waals surface area contributed by atoms with Gasteiger partial charge in [0.1, 0.15) is 0 Å². The van der Waals surface area contributed by atoms with Crippen molar-refractivity contribution in [1.82, 2.24) is 10.2 Å². The van der Waals surface area contributed by atoms with Gasteiger partial charge in [0.05, 0.1) is 23.3 Å². The Balaban J connectivity index is 1.90. The monoisotopic (exact) mass is 368 g/mol. The van der Waals surface area contributed by atoms with Gasteiger partial charge in [0.25, 0.3) is 0 Å². The molecule has 0 bridgehead atoms. The number of carbonyl (C=O) groups is 1. The Bertz CT molecular complexity index is 683. The van der Waals surface area contributed by atoms with Crippen LogP contribution in [0.2, 0.25) is 0 Å². The van der Waals surface area contributed by atoms with Crippen molar-refractivity contribution in [3.63, 3.8) is 0 Å². The van der Waals surface area contributed by atoms with E-state index in [1.54, 1.807) is 0 Å². The lowest BCUT2D eigenvalue weighted by Crippen LogP contribution is -2.14. The summed E-state index contributed by atoms with van der Waals surface area (Å²) in [5.74, 6) is 0.528. The highest BCUT2D eigenvalue weighted by Crippen LogP contribution is 2.29. The third-order valence-corrected chi connectivity index (χ3v) is 6.32. The number of nitrogens with zero attached hydrogens (tertiary/aromatic N) is 3. The molecule has 1 heterocycles. The molecule has 0 radical (unpaired) electrons. The van der Waals surface area contributed by atoms with Crippen LogP contribution in [-0.2, 0) is 4.79 Å². The number of hydrogen-bond acceptors (Lipinski definition) is 8. The van der Waals surface area contributed by atoms with Crippen LogP contribution >= 0.6 is 46.6 Å². The summed E-state index contributed by atoms with van der Waals surface area (Å²) in [6.45, 7) is 0. The molecule has 22 heavy (non-hydrogen) atoms. The Labute approximate surface area is 145 Å². The highest BCUT2D eigenvalue weighted by molar-refractivity contribution is 8.03. The molecule has 2 rings (SSSR count). The normalized spacial score (nSPS) is 10.2. The van der Waals surface area contributed by atoms with Gasteiger partial charge in [-0.3, -0.25) is 4.79 Å². The van der Waals surface area contributed by atoms with Crippen LogP contribution in [0.25, 0.3) is 0 Å². The molecule has 0 fully saturated rings. The number of para-hydroxylation sites is 1. The Kier molecular flexibility index (Phi) is 7.05. The summed E-state index contributed by atoms with van der Waals surface area (Å²) in [6.07, 6.45) is 1.94. The molecule has 0 unspecified atom stereocenters. The van der Waals surface area contributed by atoms with Crippen molar-refractivity contribution in [1.29, 1.82) is 5.26 Å². The fraction of sp³-hybridized carbons (Fsp3) is 0.231. The largest absolute Gasteiger partial charge is 0.324 e. The number of carbonyl (C=O) groups excluding carboxylic acids is 1. The summed E-state index contributed by atoms with van der Waals surface area (Å²) in [4.78, 5) is 12.9. The third kappa shape index (κ3) is 5.21. The van der Waals surface area contributed by atoms with Gasteiger partial charge in [-0.2, -0.15) is 5.26 Å². The average Bonchev–Trinajstić information content (AvgIpc) is 3.00. The van der Waals surface area contributed by atoms with Crippen LogP contribution in [0, 0.1) is 11.3 Å². The first-order valence-corrected chi connectivity index (χ1v) is 10.1. The number of thioether (sulfide) groups is 3. The first kappa shape index (κ1) is 17.1. The van der Waals surface area contributed by atoms with E-state index in [0.717, 1.165) is 19.3 Å². The van der Waals surface area contributed by atoms with Gasteiger partial charge < -0.3 is 5.32 Å². The predicted molar refractivity (Wildman–Crippen MR) is 93.8 cm³/mol. The van der Waals surface area contributed by atoms with Gasteiger partial charge >= 0.3 is 0 Å². The summed E-state index contributed by atoms with van der Waals surface area (Å²) >= 11 is 5.79. The van der Waals surface area contributed by atoms with Crippen LogP contribution in [0.5, 0.6) is 0 Å². The van der Waals surface area contributed by atoms with Gasteiger partial charge in [0.2, 0.25) is 5.91 Å². The van der Waals surface area contributed by atoms with Crippen molar-refractivity contribution in [2.45, 2.75) is 13.6 Å². The van der Waals surface area contributed by atoms with Crippen LogP contribution in [0.3, 0.4) is 0 Å². The molecule has 2 aromatic rings. The maximum atomic E-state index is 12.0. The third-order valence-electron chi connectivity index (χ3n) is 2.34. The van der Waals surface area contributed by atoms with Crippen molar-refractivity contribution >= 4 is 58.2 Å². The van der Waals surface area contributed by atoms with Crippen molar-refractivity contribution in [3.05, 3.63) is 24.3 Å². The van der Waals surface area contributed by atoms with E-state index in [1.165, 1.54) is 46.6 Å². The number of aromatic nitrogens is 2. The lowest BCUT2D eigenvalue weighted by molar-refractivity contribution is -0.113. The first-order valence-electron chi connectivity index (χ1n) is 6.12. The van der Waals surface area contributed by atoms with E-state index in [-0.39, 0.29) is 11.7 Å². The van der Waals surface area contributed by atoms with Gasteiger partial charge in [0.15, 0.2) is 8.68 Å². The fourth-order valence-electron chi connectivity index (χ4n) is 1.46. The van der Waals surface area contributed by atoms with Crippen LogP contribution < -0.4 is 5.32 Å². The number of nitrogens with one attached hydrogen (secondary N) is 1. The minimum Gasteiger partial charge on any atom is -0.324 e. The highest BCUT2D eigenvalue weighted by Gasteiger charge is 2.10. The zero-order valence-electron chi connectivity index (χ0n) is 11.6. The van der Waals surface area contributed by atoms with Gasteiger partial charge in [0, 0.05) is 4.90 Å². The molecular weight excluding hydrogens is 356 g/mol. The smallest absolute Gasteiger partial charge is 0.234 e. The Morgan fingerprint density at radius 2 is 2.09 bits per heavy atom. The lowest BCUT2D eigenvalue weighted by Gasteiger charge is -2.08. The Morgan fingerprint density at radius 3 is 2.82 bits per heavy atom. The second-order valence-electron chi connectivity index (χ2n) is 3.82. The SMILES string of the molecule is CSc1nnc(SCC(=O)Nc2ccccc2SCC#N)s1. The summed E-state index contributed by atoms with van der Waals surface area (Å²) in [6, 6.07) is 9.54. The summed E-state index contributed by atoms with van der Waals surface area (Å²) < 4.78 is 1.67. The Hall–Kier alpha value is -1.21. The van der Waals surface area contributed by atoms with Gasteiger partial charge in [-0.25, -0.2) is 0 Å². The van der Waals surface area contributed by atoms with Crippen molar-refractivity contribution in [2.75, 3.05) is 23.1 Å².